The largest absolute Gasteiger partial charge is 0.494 e. The van der Waals surface area contributed by atoms with E-state index < -0.39 is 22.6 Å². The van der Waals surface area contributed by atoms with Crippen molar-refractivity contribution < 1.29 is 24.2 Å². The van der Waals surface area contributed by atoms with E-state index in [-0.39, 0.29) is 29.6 Å². The number of thioether (sulfide) groups is 1. The first-order chi connectivity index (χ1) is 20.5. The minimum absolute atomic E-state index is 0.00562. The number of aliphatic hydroxyl groups excluding tert-OH is 1. The second-order valence-corrected chi connectivity index (χ2v) is 13.2. The van der Waals surface area contributed by atoms with Crippen LogP contribution >= 0.6 is 11.8 Å². The van der Waals surface area contributed by atoms with Gasteiger partial charge in [-0.25, -0.2) is 0 Å². The normalized spacial score (nSPS) is 28.5. The maximum Gasteiger partial charge on any atom is 0.247 e. The van der Waals surface area contributed by atoms with Gasteiger partial charge in [-0.2, -0.15) is 0 Å². The summed E-state index contributed by atoms with van der Waals surface area (Å²) in [5.74, 6) is -0.548. The molecule has 8 nitrogen and oxygen atoms in total. The van der Waals surface area contributed by atoms with Crippen molar-refractivity contribution in [3.8, 4) is 5.75 Å². The third-order valence-corrected chi connectivity index (χ3v) is 10.8. The first kappa shape index (κ1) is 30.7. The Labute approximate surface area is 254 Å². The molecule has 1 unspecified atom stereocenters. The zero-order valence-electron chi connectivity index (χ0n) is 25.0. The first-order valence-corrected chi connectivity index (χ1v) is 16.6. The van der Waals surface area contributed by atoms with Gasteiger partial charge in [0.2, 0.25) is 17.7 Å². The first-order valence-electron chi connectivity index (χ1n) is 15.7. The zero-order chi connectivity index (χ0) is 29.7. The number of ether oxygens (including phenoxy) is 1. The summed E-state index contributed by atoms with van der Waals surface area (Å²) < 4.78 is 4.82. The van der Waals surface area contributed by atoms with Crippen molar-refractivity contribution >= 4 is 35.2 Å². The van der Waals surface area contributed by atoms with Gasteiger partial charge in [-0.15, -0.1) is 11.8 Å². The van der Waals surface area contributed by atoms with E-state index in [1.54, 1.807) is 21.6 Å². The van der Waals surface area contributed by atoms with Gasteiger partial charge < -0.3 is 24.5 Å². The maximum absolute atomic E-state index is 14.4. The zero-order valence-corrected chi connectivity index (χ0v) is 25.8. The van der Waals surface area contributed by atoms with Crippen molar-refractivity contribution in [2.24, 2.45) is 11.8 Å². The van der Waals surface area contributed by atoms with E-state index in [0.29, 0.717) is 32.8 Å². The average molecular weight is 596 g/mol. The van der Waals surface area contributed by atoms with Crippen LogP contribution in [0, 0.1) is 11.8 Å². The van der Waals surface area contributed by atoms with Crippen LogP contribution in [-0.2, 0) is 14.4 Å². The van der Waals surface area contributed by atoms with E-state index in [4.69, 9.17) is 4.74 Å². The molecule has 2 fully saturated rings. The maximum atomic E-state index is 14.4. The Bertz CT molecular complexity index is 1190. The third kappa shape index (κ3) is 5.74. The predicted molar refractivity (Wildman–Crippen MR) is 166 cm³/mol. The lowest BCUT2D eigenvalue weighted by atomic mass is 9.78. The van der Waals surface area contributed by atoms with E-state index >= 15 is 0 Å². The summed E-state index contributed by atoms with van der Waals surface area (Å²) in [5.41, 5.74) is 0.775. The molecule has 4 aliphatic heterocycles. The molecule has 1 aromatic rings. The monoisotopic (exact) mass is 595 g/mol. The number of benzene rings is 1. The fourth-order valence-corrected chi connectivity index (χ4v) is 9.05. The number of nitrogens with zero attached hydrogens (tertiary/aromatic N) is 3. The molecule has 1 spiro atoms. The van der Waals surface area contributed by atoms with Gasteiger partial charge >= 0.3 is 0 Å². The molecular formula is C33H45N3O5S. The summed E-state index contributed by atoms with van der Waals surface area (Å²) >= 11 is 1.64. The van der Waals surface area contributed by atoms with Crippen molar-refractivity contribution in [3.63, 3.8) is 0 Å². The molecule has 5 rings (SSSR count). The summed E-state index contributed by atoms with van der Waals surface area (Å²) in [6, 6.07) is 6.92. The fourth-order valence-electron chi connectivity index (χ4n) is 7.05. The van der Waals surface area contributed by atoms with Crippen molar-refractivity contribution in [1.82, 2.24) is 9.80 Å². The van der Waals surface area contributed by atoms with Crippen LogP contribution in [0.4, 0.5) is 5.69 Å². The SMILES string of the molecule is CCCCCN1CC=C[C@]23S[C@@H]4C=CCN(c5ccc(OCC)cc5)C(=O)[C@@H]4[C@H]2C(=O)N(CCCCCCO)C3C1=O. The smallest absolute Gasteiger partial charge is 0.247 e. The number of amides is 3. The standard InChI is InChI=1S/C33H45N3O5S/c1-3-5-8-19-34-20-12-18-33-28(31(39)36(29(33)32(34)40)21-9-6-7-10-23-37)27-26(42-33)13-11-22-35(30(27)38)24-14-16-25(17-15-24)41-4-2/h11-18,26-29,37H,3-10,19-23H2,1-2H3/t26-,27+,28+,29?,33+/m1/s1. The Kier molecular flexibility index (Phi) is 9.99. The molecule has 0 aliphatic carbocycles. The number of anilines is 1. The third-order valence-electron chi connectivity index (χ3n) is 9.04. The number of fused-ring (bicyclic) bond motifs is 2. The van der Waals surface area contributed by atoms with Crippen molar-refractivity contribution in [3.05, 3.63) is 48.6 Å². The van der Waals surface area contributed by atoms with Gasteiger partial charge in [-0.1, -0.05) is 56.9 Å². The van der Waals surface area contributed by atoms with E-state index in [1.807, 2.05) is 42.2 Å². The van der Waals surface area contributed by atoms with Crippen molar-refractivity contribution in [2.45, 2.75) is 74.8 Å². The van der Waals surface area contributed by atoms with Crippen LogP contribution in [0.3, 0.4) is 0 Å². The molecule has 1 N–H and O–H groups in total. The Morgan fingerprint density at radius 1 is 0.905 bits per heavy atom. The molecule has 0 bridgehead atoms. The molecule has 5 atom stereocenters. The number of aliphatic hydroxyl groups is 1. The molecule has 9 heteroatoms. The Morgan fingerprint density at radius 3 is 2.40 bits per heavy atom. The molecule has 4 heterocycles. The highest BCUT2D eigenvalue weighted by Crippen LogP contribution is 2.61. The highest BCUT2D eigenvalue weighted by Gasteiger charge is 2.70. The summed E-state index contributed by atoms with van der Waals surface area (Å²) in [6.07, 6.45) is 14.6. The predicted octanol–water partition coefficient (Wildman–Crippen LogP) is 4.43. The van der Waals surface area contributed by atoms with Crippen LogP contribution in [0.2, 0.25) is 0 Å². The van der Waals surface area contributed by atoms with E-state index in [0.717, 1.165) is 56.4 Å². The molecule has 3 amide bonds. The number of rotatable bonds is 13. The molecule has 228 valence electrons. The van der Waals surface area contributed by atoms with Crippen LogP contribution in [0.15, 0.2) is 48.6 Å². The van der Waals surface area contributed by atoms with Gasteiger partial charge in [-0.05, 0) is 50.5 Å². The topological polar surface area (TPSA) is 90.4 Å². The highest BCUT2D eigenvalue weighted by atomic mass is 32.2. The lowest BCUT2D eigenvalue weighted by Crippen LogP contribution is -2.53. The summed E-state index contributed by atoms with van der Waals surface area (Å²) in [7, 11) is 0. The quantitative estimate of drug-likeness (QED) is 0.268. The fraction of sp³-hybridized carbons (Fsp3) is 0.606. The second-order valence-electron chi connectivity index (χ2n) is 11.7. The van der Waals surface area contributed by atoms with E-state index in [1.165, 1.54) is 0 Å². The second kappa shape index (κ2) is 13.7. The molecule has 1 aromatic carbocycles. The minimum atomic E-state index is -0.782. The molecular weight excluding hydrogens is 550 g/mol. The van der Waals surface area contributed by atoms with Gasteiger partial charge in [0, 0.05) is 43.7 Å². The van der Waals surface area contributed by atoms with Gasteiger partial charge in [-0.3, -0.25) is 14.4 Å². The molecule has 42 heavy (non-hydrogen) atoms. The highest BCUT2D eigenvalue weighted by molar-refractivity contribution is 8.02. The van der Waals surface area contributed by atoms with Crippen LogP contribution in [0.25, 0.3) is 0 Å². The van der Waals surface area contributed by atoms with Gasteiger partial charge in [0.05, 0.1) is 23.2 Å². The van der Waals surface area contributed by atoms with Crippen LogP contribution in [0.1, 0.15) is 58.8 Å². The Balaban J connectivity index is 1.47. The van der Waals surface area contributed by atoms with Crippen molar-refractivity contribution in [1.29, 1.82) is 0 Å². The number of carbonyl (C=O) groups is 3. The molecule has 0 aromatic heterocycles. The van der Waals surface area contributed by atoms with Gasteiger partial charge in [0.15, 0.2) is 0 Å². The Hall–Kier alpha value is -2.78. The van der Waals surface area contributed by atoms with Crippen LogP contribution in [-0.4, -0.2) is 88.1 Å². The number of hydrogen-bond donors (Lipinski definition) is 1. The lowest BCUT2D eigenvalue weighted by molar-refractivity contribution is -0.142. The molecule has 2 saturated heterocycles. The number of hydrogen-bond acceptors (Lipinski definition) is 6. The summed E-state index contributed by atoms with van der Waals surface area (Å²) in [5, 5.41) is 9.01. The van der Waals surface area contributed by atoms with E-state index in [9.17, 15) is 19.5 Å². The van der Waals surface area contributed by atoms with Gasteiger partial charge in [0.1, 0.15) is 11.8 Å². The molecule has 0 radical (unpaired) electrons. The number of likely N-dealkylation sites (tertiary alicyclic amines) is 1. The average Bonchev–Trinajstić information content (AvgIpc) is 3.30. The molecule has 0 saturated carbocycles. The minimum Gasteiger partial charge on any atom is -0.494 e. The Morgan fingerprint density at radius 2 is 1.67 bits per heavy atom. The van der Waals surface area contributed by atoms with Crippen LogP contribution in [0.5, 0.6) is 5.75 Å². The number of unbranched alkanes of at least 4 members (excludes halogenated alkanes) is 5. The van der Waals surface area contributed by atoms with E-state index in [2.05, 4.69) is 25.2 Å². The van der Waals surface area contributed by atoms with Crippen molar-refractivity contribution in [2.75, 3.05) is 44.3 Å². The summed E-state index contributed by atoms with van der Waals surface area (Å²) in [6.45, 7) is 6.95. The lowest BCUT2D eigenvalue weighted by Gasteiger charge is -2.35. The number of carbonyl (C=O) groups excluding carboxylic acids is 3. The van der Waals surface area contributed by atoms with Crippen LogP contribution < -0.4 is 9.64 Å². The molecule has 4 aliphatic rings. The van der Waals surface area contributed by atoms with Gasteiger partial charge in [0.25, 0.3) is 0 Å². The summed E-state index contributed by atoms with van der Waals surface area (Å²) in [4.78, 5) is 48.6.